The molecule has 0 aromatic carbocycles. The van der Waals surface area contributed by atoms with E-state index in [-0.39, 0.29) is 18.7 Å². The van der Waals surface area contributed by atoms with Crippen LogP contribution in [0.3, 0.4) is 0 Å². The number of hydrogen-bond donors (Lipinski definition) is 2. The molecule has 0 bridgehead atoms. The summed E-state index contributed by atoms with van der Waals surface area (Å²) in [5.74, 6) is -0.853. The molecule has 2 N–H and O–H groups in total. The third-order valence-corrected chi connectivity index (χ3v) is 5.76. The first-order valence-corrected chi connectivity index (χ1v) is 12.1. The van der Waals surface area contributed by atoms with E-state index in [9.17, 15) is 14.4 Å². The second-order valence-corrected chi connectivity index (χ2v) is 9.22. The Balaban J connectivity index is 1.80. The number of hydrogen-bond acceptors (Lipinski definition) is 13. The molecular formula is C23H32N6O8. The number of imidazole rings is 1. The number of carbonyl (C=O) groups excluding carboxylic acids is 3. The number of ether oxygens (including phenoxy) is 5. The van der Waals surface area contributed by atoms with Crippen molar-refractivity contribution in [3.63, 3.8) is 0 Å². The maximum atomic E-state index is 12.1. The molecule has 5 unspecified atom stereocenters. The quantitative estimate of drug-likeness (QED) is 0.358. The van der Waals surface area contributed by atoms with Crippen molar-refractivity contribution in [1.29, 1.82) is 0 Å². The van der Waals surface area contributed by atoms with Gasteiger partial charge < -0.3 is 34.3 Å². The van der Waals surface area contributed by atoms with Crippen LogP contribution in [-0.2, 0) is 38.1 Å². The summed E-state index contributed by atoms with van der Waals surface area (Å²) in [6, 6.07) is 0.0422. The highest BCUT2D eigenvalue weighted by Gasteiger charge is 2.51. The fourth-order valence-electron chi connectivity index (χ4n) is 4.36. The van der Waals surface area contributed by atoms with Crippen LogP contribution in [0.5, 0.6) is 0 Å². The van der Waals surface area contributed by atoms with Crippen LogP contribution >= 0.6 is 0 Å². The third-order valence-electron chi connectivity index (χ3n) is 5.76. The topological polar surface area (TPSA) is 165 Å². The van der Waals surface area contributed by atoms with Crippen molar-refractivity contribution >= 4 is 40.8 Å². The van der Waals surface area contributed by atoms with Gasteiger partial charge in [0.15, 0.2) is 35.4 Å². The molecule has 0 spiro atoms. The van der Waals surface area contributed by atoms with Gasteiger partial charge in [-0.25, -0.2) is 15.0 Å². The average Bonchev–Trinajstić information content (AvgIpc) is 3.51. The summed E-state index contributed by atoms with van der Waals surface area (Å²) >= 11 is 0. The van der Waals surface area contributed by atoms with Gasteiger partial charge in [-0.2, -0.15) is 0 Å². The van der Waals surface area contributed by atoms with Crippen molar-refractivity contribution in [1.82, 2.24) is 19.5 Å². The lowest BCUT2D eigenvalue weighted by Crippen LogP contribution is -2.40. The predicted octanol–water partition coefficient (Wildman–Crippen LogP) is 1.17. The second kappa shape index (κ2) is 11.3. The normalized spacial score (nSPS) is 25.3. The first-order valence-electron chi connectivity index (χ1n) is 12.1. The highest BCUT2D eigenvalue weighted by Crippen LogP contribution is 2.39. The summed E-state index contributed by atoms with van der Waals surface area (Å²) < 4.78 is 29.6. The van der Waals surface area contributed by atoms with Crippen LogP contribution in [0.2, 0.25) is 0 Å². The minimum atomic E-state index is -1.08. The summed E-state index contributed by atoms with van der Waals surface area (Å²) in [6.07, 6.45) is -1.84. The van der Waals surface area contributed by atoms with Gasteiger partial charge in [0.2, 0.25) is 5.95 Å². The van der Waals surface area contributed by atoms with Crippen molar-refractivity contribution in [3.8, 4) is 0 Å². The molecule has 37 heavy (non-hydrogen) atoms. The van der Waals surface area contributed by atoms with E-state index >= 15 is 0 Å². The van der Waals surface area contributed by atoms with Crippen LogP contribution in [0, 0.1) is 0 Å². The molecule has 2 aromatic rings. The number of rotatable bonds is 9. The van der Waals surface area contributed by atoms with E-state index < -0.39 is 42.4 Å². The largest absolute Gasteiger partial charge is 0.463 e. The fraction of sp³-hybridized carbons (Fsp3) is 0.652. The molecule has 2 fully saturated rings. The van der Waals surface area contributed by atoms with Crippen LogP contribution in [0.15, 0.2) is 6.33 Å². The molecule has 2 saturated heterocycles. The minimum Gasteiger partial charge on any atom is -0.463 e. The Morgan fingerprint density at radius 1 is 1.11 bits per heavy atom. The number of aromatic nitrogens is 4. The maximum absolute atomic E-state index is 12.1. The van der Waals surface area contributed by atoms with Gasteiger partial charge in [0.1, 0.15) is 19.0 Å². The standard InChI is InChI=1S/C23H32N6O8/c1-11(2)26-23-28-17-20(27-15-6-7-33-8-15)24-10-25-21(17)29(23)22-19(36-14(5)32)18(35-13(4)31)16(37-22)9-34-12(3)30/h10-11,15-16,18-19,22H,6-9H2,1-5H3,(H,26,28)(H,24,25,27). The van der Waals surface area contributed by atoms with Gasteiger partial charge in [-0.05, 0) is 20.3 Å². The molecule has 5 atom stereocenters. The van der Waals surface area contributed by atoms with Crippen molar-refractivity contribution < 1.29 is 38.1 Å². The Kier molecular flexibility index (Phi) is 8.07. The smallest absolute Gasteiger partial charge is 0.303 e. The van der Waals surface area contributed by atoms with Crippen LogP contribution < -0.4 is 10.6 Å². The van der Waals surface area contributed by atoms with E-state index in [0.717, 1.165) is 6.42 Å². The maximum Gasteiger partial charge on any atom is 0.303 e. The molecule has 2 aliphatic rings. The lowest BCUT2D eigenvalue weighted by Gasteiger charge is -2.25. The zero-order valence-corrected chi connectivity index (χ0v) is 21.4. The van der Waals surface area contributed by atoms with E-state index in [1.807, 2.05) is 13.8 Å². The minimum absolute atomic E-state index is 0.0298. The van der Waals surface area contributed by atoms with E-state index in [1.54, 1.807) is 4.57 Å². The Bertz CT molecular complexity index is 1150. The number of nitrogens with zero attached hydrogens (tertiary/aromatic N) is 4. The van der Waals surface area contributed by atoms with Crippen LogP contribution in [0.1, 0.15) is 47.3 Å². The molecule has 0 amide bonds. The first-order chi connectivity index (χ1) is 17.6. The first kappa shape index (κ1) is 26.5. The van der Waals surface area contributed by atoms with Crippen LogP contribution in [-0.4, -0.2) is 87.6 Å². The Morgan fingerprint density at radius 3 is 2.46 bits per heavy atom. The van der Waals surface area contributed by atoms with E-state index in [2.05, 4.69) is 20.6 Å². The molecule has 0 radical (unpaired) electrons. The Labute approximate surface area is 213 Å². The van der Waals surface area contributed by atoms with E-state index in [0.29, 0.717) is 36.1 Å². The van der Waals surface area contributed by atoms with Crippen LogP contribution in [0.4, 0.5) is 11.8 Å². The fourth-order valence-corrected chi connectivity index (χ4v) is 4.36. The molecule has 4 rings (SSSR count). The highest BCUT2D eigenvalue weighted by atomic mass is 16.7. The van der Waals surface area contributed by atoms with Gasteiger partial charge in [0, 0.05) is 33.4 Å². The number of nitrogens with one attached hydrogen (secondary N) is 2. The molecule has 4 heterocycles. The van der Waals surface area contributed by atoms with E-state index in [4.69, 9.17) is 28.7 Å². The van der Waals surface area contributed by atoms with Gasteiger partial charge in [-0.3, -0.25) is 19.0 Å². The summed E-state index contributed by atoms with van der Waals surface area (Å²) in [5.41, 5.74) is 0.867. The second-order valence-electron chi connectivity index (χ2n) is 9.22. The molecule has 14 nitrogen and oxygen atoms in total. The van der Waals surface area contributed by atoms with E-state index in [1.165, 1.54) is 27.1 Å². The molecule has 2 aromatic heterocycles. The van der Waals surface area contributed by atoms with Gasteiger partial charge in [-0.1, -0.05) is 0 Å². The lowest BCUT2D eigenvalue weighted by atomic mass is 10.1. The molecule has 202 valence electrons. The Morgan fingerprint density at radius 2 is 1.84 bits per heavy atom. The average molecular weight is 521 g/mol. The molecule has 0 aliphatic carbocycles. The number of fused-ring (bicyclic) bond motifs is 1. The Hall–Kier alpha value is -3.52. The SMILES string of the molecule is CC(=O)OCC1OC(n2c(NC(C)C)nc3c(NC4CCOC4)ncnc32)C(OC(C)=O)C1OC(C)=O. The number of anilines is 2. The van der Waals surface area contributed by atoms with Crippen LogP contribution in [0.25, 0.3) is 11.2 Å². The molecule has 2 aliphatic heterocycles. The highest BCUT2D eigenvalue weighted by molar-refractivity contribution is 5.85. The molecular weight excluding hydrogens is 488 g/mol. The predicted molar refractivity (Wildman–Crippen MR) is 129 cm³/mol. The summed E-state index contributed by atoms with van der Waals surface area (Å²) in [4.78, 5) is 49.1. The van der Waals surface area contributed by atoms with Gasteiger partial charge >= 0.3 is 17.9 Å². The van der Waals surface area contributed by atoms with Crippen molar-refractivity contribution in [2.45, 2.75) is 77.7 Å². The third kappa shape index (κ3) is 6.07. The van der Waals surface area contributed by atoms with Gasteiger partial charge in [0.05, 0.1) is 12.6 Å². The van der Waals surface area contributed by atoms with Crippen molar-refractivity contribution in [3.05, 3.63) is 6.33 Å². The van der Waals surface area contributed by atoms with Gasteiger partial charge in [-0.15, -0.1) is 0 Å². The molecule has 0 saturated carbocycles. The monoisotopic (exact) mass is 520 g/mol. The van der Waals surface area contributed by atoms with Crippen molar-refractivity contribution in [2.75, 3.05) is 30.5 Å². The van der Waals surface area contributed by atoms with Gasteiger partial charge in [0.25, 0.3) is 0 Å². The summed E-state index contributed by atoms with van der Waals surface area (Å²) in [5, 5.41) is 6.63. The summed E-state index contributed by atoms with van der Waals surface area (Å²) in [7, 11) is 0. The van der Waals surface area contributed by atoms with Crippen molar-refractivity contribution in [2.24, 2.45) is 0 Å². The molecule has 14 heteroatoms. The number of carbonyl (C=O) groups is 3. The summed E-state index contributed by atoms with van der Waals surface area (Å²) in [6.45, 7) is 8.60. The zero-order valence-electron chi connectivity index (χ0n) is 21.4. The zero-order chi connectivity index (χ0) is 26.7. The number of esters is 3. The lowest BCUT2D eigenvalue weighted by molar-refractivity contribution is -0.166.